The minimum absolute atomic E-state index is 0.00459. The summed E-state index contributed by atoms with van der Waals surface area (Å²) in [6.45, 7) is 0. The summed E-state index contributed by atoms with van der Waals surface area (Å²) in [4.78, 5) is 10.7. The monoisotopic (exact) mass is 279 g/mol. The summed E-state index contributed by atoms with van der Waals surface area (Å²) in [6, 6.07) is 14.7. The van der Waals surface area contributed by atoms with Crippen molar-refractivity contribution in [3.63, 3.8) is 0 Å². The average molecular weight is 279 g/mol. The van der Waals surface area contributed by atoms with Crippen LogP contribution in [0.4, 0.5) is 11.4 Å². The fourth-order valence-corrected chi connectivity index (χ4v) is 2.76. The fourth-order valence-electron chi connectivity index (χ4n) is 2.76. The van der Waals surface area contributed by atoms with Gasteiger partial charge in [0.15, 0.2) is 0 Å². The Hall–Kier alpha value is -2.87. The van der Waals surface area contributed by atoms with Crippen molar-refractivity contribution in [2.45, 2.75) is 18.9 Å². The molecule has 0 atom stereocenters. The highest BCUT2D eigenvalue weighted by Crippen LogP contribution is 2.30. The highest BCUT2D eigenvalue weighted by Gasteiger charge is 2.23. The molecule has 0 saturated carbocycles. The highest BCUT2D eigenvalue weighted by molar-refractivity contribution is 5.65. The van der Waals surface area contributed by atoms with Crippen molar-refractivity contribution in [1.29, 1.82) is 5.26 Å². The second kappa shape index (κ2) is 5.25. The van der Waals surface area contributed by atoms with Crippen molar-refractivity contribution in [3.05, 3.63) is 69.3 Å². The molecule has 0 spiro atoms. The lowest BCUT2D eigenvalue weighted by atomic mass is 10.1. The second-order valence-electron chi connectivity index (χ2n) is 5.12. The van der Waals surface area contributed by atoms with E-state index in [0.717, 1.165) is 12.8 Å². The van der Waals surface area contributed by atoms with E-state index in [4.69, 9.17) is 5.26 Å². The number of rotatable bonds is 3. The van der Waals surface area contributed by atoms with Gasteiger partial charge in [0, 0.05) is 12.1 Å². The van der Waals surface area contributed by atoms with Crippen LogP contribution in [0.25, 0.3) is 0 Å². The van der Waals surface area contributed by atoms with Crippen LogP contribution in [0.3, 0.4) is 0 Å². The molecule has 5 heteroatoms. The van der Waals surface area contributed by atoms with Crippen LogP contribution < -0.4 is 5.32 Å². The van der Waals surface area contributed by atoms with Crippen molar-refractivity contribution in [2.24, 2.45) is 0 Å². The quantitative estimate of drug-likeness (QED) is 0.691. The molecular formula is C16H13N3O2. The van der Waals surface area contributed by atoms with Gasteiger partial charge in [-0.3, -0.25) is 10.1 Å². The molecule has 21 heavy (non-hydrogen) atoms. The molecule has 0 aliphatic heterocycles. The van der Waals surface area contributed by atoms with Crippen molar-refractivity contribution in [1.82, 2.24) is 0 Å². The number of hydrogen-bond acceptors (Lipinski definition) is 4. The number of nitrogens with one attached hydrogen (secondary N) is 1. The van der Waals surface area contributed by atoms with Gasteiger partial charge in [0.25, 0.3) is 5.69 Å². The van der Waals surface area contributed by atoms with Gasteiger partial charge >= 0.3 is 0 Å². The summed E-state index contributed by atoms with van der Waals surface area (Å²) in [7, 11) is 0. The minimum atomic E-state index is -0.425. The Morgan fingerprint density at radius 2 is 1.86 bits per heavy atom. The molecule has 5 nitrogen and oxygen atoms in total. The number of benzene rings is 2. The average Bonchev–Trinajstić information content (AvgIpc) is 2.89. The number of fused-ring (bicyclic) bond motifs is 1. The first-order valence-electron chi connectivity index (χ1n) is 6.69. The Labute approximate surface area is 122 Å². The first-order chi connectivity index (χ1) is 10.2. The van der Waals surface area contributed by atoms with E-state index in [0.29, 0.717) is 11.3 Å². The number of nitro benzene ring substituents is 1. The summed E-state index contributed by atoms with van der Waals surface area (Å²) < 4.78 is 0. The fraction of sp³-hybridized carbons (Fsp3) is 0.188. The molecule has 0 saturated heterocycles. The molecule has 0 heterocycles. The zero-order valence-electron chi connectivity index (χ0n) is 11.2. The minimum Gasteiger partial charge on any atom is -0.376 e. The van der Waals surface area contributed by atoms with Gasteiger partial charge in [-0.15, -0.1) is 0 Å². The maximum absolute atomic E-state index is 11.1. The van der Waals surface area contributed by atoms with Gasteiger partial charge in [-0.2, -0.15) is 5.26 Å². The van der Waals surface area contributed by atoms with Crippen LogP contribution in [0.1, 0.15) is 16.7 Å². The second-order valence-corrected chi connectivity index (χ2v) is 5.12. The van der Waals surface area contributed by atoms with Gasteiger partial charge in [0.1, 0.15) is 5.69 Å². The first-order valence-corrected chi connectivity index (χ1v) is 6.69. The SMILES string of the molecule is N#Cc1ccc([N+](=O)[O-])c(NC2Cc3ccccc3C2)c1. The van der Waals surface area contributed by atoms with Crippen LogP contribution in [0.2, 0.25) is 0 Å². The van der Waals surface area contributed by atoms with Crippen molar-refractivity contribution in [2.75, 3.05) is 5.32 Å². The van der Waals surface area contributed by atoms with E-state index in [1.807, 2.05) is 18.2 Å². The number of hydrogen-bond donors (Lipinski definition) is 1. The van der Waals surface area contributed by atoms with Gasteiger partial charge in [-0.1, -0.05) is 24.3 Å². The molecule has 0 unspecified atom stereocenters. The first kappa shape index (κ1) is 13.1. The van der Waals surface area contributed by atoms with Crippen LogP contribution in [0.5, 0.6) is 0 Å². The molecule has 1 aliphatic carbocycles. The third kappa shape index (κ3) is 2.56. The molecule has 0 bridgehead atoms. The highest BCUT2D eigenvalue weighted by atomic mass is 16.6. The van der Waals surface area contributed by atoms with E-state index in [9.17, 15) is 10.1 Å². The Kier molecular flexibility index (Phi) is 3.28. The third-order valence-corrected chi connectivity index (χ3v) is 3.73. The van der Waals surface area contributed by atoms with Gasteiger partial charge in [0.05, 0.1) is 16.6 Å². The van der Waals surface area contributed by atoms with Crippen LogP contribution in [-0.4, -0.2) is 11.0 Å². The molecule has 0 fully saturated rings. The molecule has 0 amide bonds. The van der Waals surface area contributed by atoms with Crippen molar-refractivity contribution in [3.8, 4) is 6.07 Å². The van der Waals surface area contributed by atoms with Gasteiger partial charge < -0.3 is 5.32 Å². The summed E-state index contributed by atoms with van der Waals surface area (Å²) in [5.74, 6) is 0. The lowest BCUT2D eigenvalue weighted by Crippen LogP contribution is -2.20. The summed E-state index contributed by atoms with van der Waals surface area (Å²) >= 11 is 0. The molecular weight excluding hydrogens is 266 g/mol. The third-order valence-electron chi connectivity index (χ3n) is 3.73. The van der Waals surface area contributed by atoms with E-state index in [1.54, 1.807) is 6.07 Å². The molecule has 1 N–H and O–H groups in total. The van der Waals surface area contributed by atoms with E-state index >= 15 is 0 Å². The standard InChI is InChI=1S/C16H13N3O2/c17-10-11-5-6-16(19(20)21)15(7-11)18-14-8-12-3-1-2-4-13(12)9-14/h1-7,14,18H,8-9H2. The van der Waals surface area contributed by atoms with E-state index in [2.05, 4.69) is 17.4 Å². The van der Waals surface area contributed by atoms with Crippen LogP contribution in [0.15, 0.2) is 42.5 Å². The van der Waals surface area contributed by atoms with E-state index in [-0.39, 0.29) is 11.7 Å². The van der Waals surface area contributed by atoms with E-state index in [1.165, 1.54) is 23.3 Å². The maximum Gasteiger partial charge on any atom is 0.292 e. The molecule has 3 rings (SSSR count). The van der Waals surface area contributed by atoms with Gasteiger partial charge in [0.2, 0.25) is 0 Å². The molecule has 104 valence electrons. The number of anilines is 1. The number of nitrogens with zero attached hydrogens (tertiary/aromatic N) is 2. The maximum atomic E-state index is 11.1. The van der Waals surface area contributed by atoms with E-state index < -0.39 is 4.92 Å². The molecule has 0 radical (unpaired) electrons. The van der Waals surface area contributed by atoms with Crippen LogP contribution >= 0.6 is 0 Å². The molecule has 2 aromatic rings. The van der Waals surface area contributed by atoms with Crippen molar-refractivity contribution >= 4 is 11.4 Å². The lowest BCUT2D eigenvalue weighted by Gasteiger charge is -2.13. The number of nitro groups is 1. The Morgan fingerprint density at radius 1 is 1.19 bits per heavy atom. The number of nitriles is 1. The van der Waals surface area contributed by atoms with Gasteiger partial charge in [-0.05, 0) is 36.1 Å². The van der Waals surface area contributed by atoms with Crippen LogP contribution in [0, 0.1) is 21.4 Å². The summed E-state index contributed by atoms with van der Waals surface area (Å²) in [5, 5.41) is 23.3. The Bertz CT molecular complexity index is 724. The zero-order valence-corrected chi connectivity index (χ0v) is 11.2. The van der Waals surface area contributed by atoms with Crippen LogP contribution in [-0.2, 0) is 12.8 Å². The topological polar surface area (TPSA) is 79.0 Å². The Balaban J connectivity index is 1.86. The Morgan fingerprint density at radius 3 is 2.43 bits per heavy atom. The smallest absolute Gasteiger partial charge is 0.292 e. The molecule has 0 aromatic heterocycles. The zero-order chi connectivity index (χ0) is 14.8. The summed E-state index contributed by atoms with van der Waals surface area (Å²) in [5.41, 5.74) is 3.38. The molecule has 2 aromatic carbocycles. The normalized spacial score (nSPS) is 13.5. The van der Waals surface area contributed by atoms with Crippen molar-refractivity contribution < 1.29 is 4.92 Å². The molecule has 1 aliphatic rings. The predicted molar refractivity (Wildman–Crippen MR) is 79.1 cm³/mol. The lowest BCUT2D eigenvalue weighted by molar-refractivity contribution is -0.384. The predicted octanol–water partition coefficient (Wildman–Crippen LogP) is 3.05. The largest absolute Gasteiger partial charge is 0.376 e. The van der Waals surface area contributed by atoms with Gasteiger partial charge in [-0.25, -0.2) is 0 Å². The summed E-state index contributed by atoms with van der Waals surface area (Å²) in [6.07, 6.45) is 1.67.